The van der Waals surface area contributed by atoms with Crippen molar-refractivity contribution in [3.63, 3.8) is 0 Å². The van der Waals surface area contributed by atoms with Crippen molar-refractivity contribution in [2.24, 2.45) is 0 Å². The number of para-hydroxylation sites is 1. The molecule has 3 heterocycles. The standard InChI is InChI=1S/C19H16N4O2/c24-19(23-15-9-13-5-1-2-7-17(13)25-12-15)14-10-21-18(22-11-14)16-6-3-4-8-20-16/h1-8,10-11,15H,9,12H2,(H,23,24)/t15-/m0/s1. The molecule has 1 N–H and O–H groups in total. The van der Waals surface area contributed by atoms with Gasteiger partial charge in [-0.2, -0.15) is 0 Å². The van der Waals surface area contributed by atoms with Gasteiger partial charge in [-0.05, 0) is 30.2 Å². The largest absolute Gasteiger partial charge is 0.491 e. The van der Waals surface area contributed by atoms with E-state index in [9.17, 15) is 4.79 Å². The zero-order chi connectivity index (χ0) is 17.1. The maximum Gasteiger partial charge on any atom is 0.254 e. The van der Waals surface area contributed by atoms with E-state index >= 15 is 0 Å². The van der Waals surface area contributed by atoms with Crippen molar-refractivity contribution in [2.45, 2.75) is 12.5 Å². The third-order valence-corrected chi connectivity index (χ3v) is 4.02. The zero-order valence-corrected chi connectivity index (χ0v) is 13.4. The van der Waals surface area contributed by atoms with Crippen molar-refractivity contribution >= 4 is 5.91 Å². The van der Waals surface area contributed by atoms with Crippen molar-refractivity contribution in [2.75, 3.05) is 6.61 Å². The first-order valence-corrected chi connectivity index (χ1v) is 8.04. The molecule has 1 aromatic carbocycles. The highest BCUT2D eigenvalue weighted by molar-refractivity contribution is 5.93. The second-order valence-corrected chi connectivity index (χ2v) is 5.80. The van der Waals surface area contributed by atoms with Crippen molar-refractivity contribution in [1.82, 2.24) is 20.3 Å². The predicted molar refractivity (Wildman–Crippen MR) is 92.2 cm³/mol. The summed E-state index contributed by atoms with van der Waals surface area (Å²) in [7, 11) is 0. The Hall–Kier alpha value is -3.28. The average Bonchev–Trinajstić information content (AvgIpc) is 2.69. The van der Waals surface area contributed by atoms with Crippen LogP contribution in [0.15, 0.2) is 61.1 Å². The molecule has 0 aliphatic carbocycles. The van der Waals surface area contributed by atoms with Crippen molar-refractivity contribution < 1.29 is 9.53 Å². The van der Waals surface area contributed by atoms with E-state index in [2.05, 4.69) is 20.3 Å². The number of hydrogen-bond donors (Lipinski definition) is 1. The number of rotatable bonds is 3. The van der Waals surface area contributed by atoms with Gasteiger partial charge in [0.25, 0.3) is 5.91 Å². The van der Waals surface area contributed by atoms with Gasteiger partial charge in [-0.1, -0.05) is 24.3 Å². The Morgan fingerprint density at radius 3 is 2.64 bits per heavy atom. The second kappa shape index (κ2) is 6.68. The van der Waals surface area contributed by atoms with Gasteiger partial charge in [0.2, 0.25) is 0 Å². The van der Waals surface area contributed by atoms with Crippen LogP contribution in [0.1, 0.15) is 15.9 Å². The fourth-order valence-electron chi connectivity index (χ4n) is 2.76. The molecule has 6 nitrogen and oxygen atoms in total. The van der Waals surface area contributed by atoms with Crippen molar-refractivity contribution in [3.05, 3.63) is 72.2 Å². The molecule has 1 aliphatic rings. The van der Waals surface area contributed by atoms with Crippen molar-refractivity contribution in [3.8, 4) is 17.3 Å². The molecule has 3 aromatic rings. The predicted octanol–water partition coefficient (Wildman–Crippen LogP) is 2.27. The summed E-state index contributed by atoms with van der Waals surface area (Å²) in [6.07, 6.45) is 5.46. The van der Waals surface area contributed by atoms with Crippen LogP contribution in [0.3, 0.4) is 0 Å². The van der Waals surface area contributed by atoms with Gasteiger partial charge in [-0.15, -0.1) is 0 Å². The van der Waals surface area contributed by atoms with Crippen molar-refractivity contribution in [1.29, 1.82) is 0 Å². The van der Waals surface area contributed by atoms with Gasteiger partial charge in [-0.3, -0.25) is 9.78 Å². The summed E-state index contributed by atoms with van der Waals surface area (Å²) in [5.41, 5.74) is 2.19. The van der Waals surface area contributed by atoms with Crippen LogP contribution in [0.25, 0.3) is 11.5 Å². The monoisotopic (exact) mass is 332 g/mol. The molecule has 2 aromatic heterocycles. The Labute approximate surface area is 144 Å². The Morgan fingerprint density at radius 1 is 1.04 bits per heavy atom. The molecule has 25 heavy (non-hydrogen) atoms. The maximum atomic E-state index is 12.4. The highest BCUT2D eigenvalue weighted by Crippen LogP contribution is 2.24. The highest BCUT2D eigenvalue weighted by atomic mass is 16.5. The number of fused-ring (bicyclic) bond motifs is 1. The minimum absolute atomic E-state index is 0.0714. The quantitative estimate of drug-likeness (QED) is 0.796. The van der Waals surface area contributed by atoms with E-state index < -0.39 is 0 Å². The number of pyridine rings is 1. The zero-order valence-electron chi connectivity index (χ0n) is 13.4. The summed E-state index contributed by atoms with van der Waals surface area (Å²) in [4.78, 5) is 25.1. The Morgan fingerprint density at radius 2 is 1.84 bits per heavy atom. The van der Waals surface area contributed by atoms with Crippen LogP contribution in [0, 0.1) is 0 Å². The van der Waals surface area contributed by atoms with Gasteiger partial charge in [0.15, 0.2) is 5.82 Å². The molecule has 0 unspecified atom stereocenters. The van der Waals surface area contributed by atoms with Crippen LogP contribution in [0.4, 0.5) is 0 Å². The number of aromatic nitrogens is 3. The highest BCUT2D eigenvalue weighted by Gasteiger charge is 2.21. The lowest BCUT2D eigenvalue weighted by Crippen LogP contribution is -2.42. The lowest BCUT2D eigenvalue weighted by Gasteiger charge is -2.25. The number of nitrogens with one attached hydrogen (secondary N) is 1. The molecule has 4 rings (SSSR count). The molecule has 1 amide bonds. The first kappa shape index (κ1) is 15.3. The number of hydrogen-bond acceptors (Lipinski definition) is 5. The molecule has 0 bridgehead atoms. The van der Waals surface area contributed by atoms with Crippen LogP contribution in [0.2, 0.25) is 0 Å². The smallest absolute Gasteiger partial charge is 0.254 e. The van der Waals surface area contributed by atoms with Gasteiger partial charge in [0.1, 0.15) is 18.1 Å². The molecule has 6 heteroatoms. The summed E-state index contributed by atoms with van der Waals surface area (Å²) < 4.78 is 5.70. The third kappa shape index (κ3) is 3.33. The van der Waals surface area contributed by atoms with Crippen LogP contribution in [-0.4, -0.2) is 33.5 Å². The number of nitrogens with zero attached hydrogens (tertiary/aromatic N) is 3. The van der Waals surface area contributed by atoms with E-state index in [1.807, 2.05) is 42.5 Å². The molecular weight excluding hydrogens is 316 g/mol. The first-order chi connectivity index (χ1) is 12.3. The molecule has 0 radical (unpaired) electrons. The molecule has 0 fully saturated rings. The summed E-state index contributed by atoms with van der Waals surface area (Å²) >= 11 is 0. The first-order valence-electron chi connectivity index (χ1n) is 8.04. The van der Waals surface area contributed by atoms with Gasteiger partial charge in [0.05, 0.1) is 11.6 Å². The SMILES string of the molecule is O=C(N[C@@H]1COc2ccccc2C1)c1cnc(-c2ccccn2)nc1. The average molecular weight is 332 g/mol. The molecular formula is C19H16N4O2. The summed E-state index contributed by atoms with van der Waals surface area (Å²) in [5.74, 6) is 1.17. The van der Waals surface area contributed by atoms with Gasteiger partial charge >= 0.3 is 0 Å². The van der Waals surface area contributed by atoms with Crippen LogP contribution >= 0.6 is 0 Å². The molecule has 0 saturated carbocycles. The number of benzene rings is 1. The Bertz CT molecular complexity index is 881. The number of amides is 1. The van der Waals surface area contributed by atoms with Crippen LogP contribution in [-0.2, 0) is 6.42 Å². The van der Waals surface area contributed by atoms with E-state index in [0.29, 0.717) is 23.7 Å². The number of carbonyl (C=O) groups excluding carboxylic acids is 1. The lowest BCUT2D eigenvalue weighted by atomic mass is 10.0. The number of ether oxygens (including phenoxy) is 1. The Balaban J connectivity index is 1.43. The normalized spacial score (nSPS) is 15.8. The van der Waals surface area contributed by atoms with E-state index in [1.165, 1.54) is 12.4 Å². The van der Waals surface area contributed by atoms with E-state index in [1.54, 1.807) is 6.20 Å². The fourth-order valence-corrected chi connectivity index (χ4v) is 2.76. The number of carbonyl (C=O) groups is 1. The van der Waals surface area contributed by atoms with Gasteiger partial charge in [-0.25, -0.2) is 9.97 Å². The van der Waals surface area contributed by atoms with Crippen LogP contribution in [0.5, 0.6) is 5.75 Å². The fraction of sp³-hybridized carbons (Fsp3) is 0.158. The molecule has 0 spiro atoms. The molecule has 124 valence electrons. The Kier molecular flexibility index (Phi) is 4.08. The topological polar surface area (TPSA) is 77.0 Å². The maximum absolute atomic E-state index is 12.4. The third-order valence-electron chi connectivity index (χ3n) is 4.02. The second-order valence-electron chi connectivity index (χ2n) is 5.80. The summed E-state index contributed by atoms with van der Waals surface area (Å²) in [6.45, 7) is 0.454. The van der Waals surface area contributed by atoms with Crippen LogP contribution < -0.4 is 10.1 Å². The van der Waals surface area contributed by atoms with E-state index in [4.69, 9.17) is 4.74 Å². The lowest BCUT2D eigenvalue weighted by molar-refractivity contribution is 0.0914. The van der Waals surface area contributed by atoms with E-state index in [-0.39, 0.29) is 11.9 Å². The minimum Gasteiger partial charge on any atom is -0.491 e. The minimum atomic E-state index is -0.208. The summed E-state index contributed by atoms with van der Waals surface area (Å²) in [6, 6.07) is 13.3. The molecule has 0 saturated heterocycles. The summed E-state index contributed by atoms with van der Waals surface area (Å²) in [5, 5.41) is 2.98. The molecule has 1 aliphatic heterocycles. The van der Waals surface area contributed by atoms with E-state index in [0.717, 1.165) is 17.7 Å². The van der Waals surface area contributed by atoms with Gasteiger partial charge in [0, 0.05) is 18.6 Å². The van der Waals surface area contributed by atoms with Gasteiger partial charge < -0.3 is 10.1 Å². The molecule has 1 atom stereocenters.